The van der Waals surface area contributed by atoms with Crippen LogP contribution >= 0.6 is 0 Å². The van der Waals surface area contributed by atoms with Crippen molar-refractivity contribution >= 4 is 11.8 Å². The van der Waals surface area contributed by atoms with Crippen molar-refractivity contribution in [2.45, 2.75) is 32.7 Å². The normalized spacial score (nSPS) is 16.3. The molecule has 8 heteroatoms. The summed E-state index contributed by atoms with van der Waals surface area (Å²) in [6.45, 7) is 4.35. The number of amides is 2. The van der Waals surface area contributed by atoms with Gasteiger partial charge in [0.1, 0.15) is 0 Å². The molecule has 0 spiro atoms. The number of hydrogen-bond donors (Lipinski definition) is 2. The highest BCUT2D eigenvalue weighted by Crippen LogP contribution is 2.32. The maximum absolute atomic E-state index is 12.5. The smallest absolute Gasteiger partial charge is 0.236 e. The highest BCUT2D eigenvalue weighted by atomic mass is 16.5. The highest BCUT2D eigenvalue weighted by Gasteiger charge is 2.21. The van der Waals surface area contributed by atoms with Crippen LogP contribution in [0.1, 0.15) is 31.7 Å². The van der Waals surface area contributed by atoms with Gasteiger partial charge in [0, 0.05) is 32.2 Å². The number of carbonyl (C=O) groups excluding carboxylic acids is 2. The van der Waals surface area contributed by atoms with Crippen LogP contribution in [-0.4, -0.2) is 79.8 Å². The summed E-state index contributed by atoms with van der Waals surface area (Å²) in [5.74, 6) is 1.09. The molecule has 1 aromatic carbocycles. The second-order valence-corrected chi connectivity index (χ2v) is 7.12. The number of likely N-dealkylation sites (N-methyl/N-ethyl adjacent to an activating group) is 1. The number of aliphatic hydroxyl groups excluding tert-OH is 1. The average Bonchev–Trinajstić information content (AvgIpc) is 2.70. The minimum atomic E-state index is -0.153. The lowest BCUT2D eigenvalue weighted by molar-refractivity contribution is -0.132. The summed E-state index contributed by atoms with van der Waals surface area (Å²) >= 11 is 0. The van der Waals surface area contributed by atoms with Crippen LogP contribution in [0, 0.1) is 0 Å². The lowest BCUT2D eigenvalue weighted by atomic mass is 10.1. The van der Waals surface area contributed by atoms with Gasteiger partial charge < -0.3 is 24.8 Å². The minimum absolute atomic E-state index is 0.0716. The molecule has 29 heavy (non-hydrogen) atoms. The third-order valence-electron chi connectivity index (χ3n) is 4.73. The first kappa shape index (κ1) is 23.0. The lowest BCUT2D eigenvalue weighted by Gasteiger charge is -2.25. The molecule has 1 aliphatic rings. The van der Waals surface area contributed by atoms with Crippen molar-refractivity contribution in [2.24, 2.45) is 0 Å². The number of nitrogens with zero attached hydrogens (tertiary/aromatic N) is 2. The molecular formula is C21H33N3O5. The van der Waals surface area contributed by atoms with E-state index >= 15 is 0 Å². The Morgan fingerprint density at radius 3 is 2.90 bits per heavy atom. The van der Waals surface area contributed by atoms with E-state index in [-0.39, 0.29) is 38.1 Å². The van der Waals surface area contributed by atoms with Crippen molar-refractivity contribution in [2.75, 3.05) is 53.0 Å². The van der Waals surface area contributed by atoms with Gasteiger partial charge >= 0.3 is 0 Å². The topological polar surface area (TPSA) is 91.3 Å². The molecular weight excluding hydrogens is 374 g/mol. The number of aliphatic hydroxyl groups is 1. The summed E-state index contributed by atoms with van der Waals surface area (Å²) in [5.41, 5.74) is 0.876. The quantitative estimate of drug-likeness (QED) is 0.732. The number of para-hydroxylation sites is 1. The first-order valence-corrected chi connectivity index (χ1v) is 10.3. The van der Waals surface area contributed by atoms with Crippen LogP contribution in [0.3, 0.4) is 0 Å². The summed E-state index contributed by atoms with van der Waals surface area (Å²) in [6.07, 6.45) is 2.73. The molecule has 2 rings (SSSR count). The van der Waals surface area contributed by atoms with Crippen molar-refractivity contribution in [1.29, 1.82) is 0 Å². The van der Waals surface area contributed by atoms with E-state index in [0.717, 1.165) is 24.8 Å². The summed E-state index contributed by atoms with van der Waals surface area (Å²) in [5, 5.41) is 12.0. The number of fused-ring (bicyclic) bond motifs is 1. The molecule has 0 aromatic heterocycles. The Kier molecular flexibility index (Phi) is 9.73. The molecule has 162 valence electrons. The number of nitrogens with one attached hydrogen (secondary N) is 1. The van der Waals surface area contributed by atoms with Crippen LogP contribution in [-0.2, 0) is 16.1 Å². The summed E-state index contributed by atoms with van der Waals surface area (Å²) in [4.78, 5) is 28.1. The zero-order valence-corrected chi connectivity index (χ0v) is 17.5. The predicted octanol–water partition coefficient (Wildman–Crippen LogP) is 1.02. The summed E-state index contributed by atoms with van der Waals surface area (Å²) < 4.78 is 11.8. The van der Waals surface area contributed by atoms with Gasteiger partial charge in [-0.3, -0.25) is 14.5 Å². The van der Waals surface area contributed by atoms with Gasteiger partial charge in [-0.2, -0.15) is 0 Å². The molecule has 0 atom stereocenters. The number of hydrogen-bond acceptors (Lipinski definition) is 6. The van der Waals surface area contributed by atoms with Gasteiger partial charge in [-0.05, 0) is 32.3 Å². The standard InChI is InChI=1S/C21H33N3O5/c1-3-28-18-9-7-8-17-14-24(16-20(27)23(2)11-12-25)15-19(26)22-10-5-4-6-13-29-21(17)18/h7-9,25H,3-6,10-16H2,1-2H3,(H,22,26). The Balaban J connectivity index is 2.27. The Morgan fingerprint density at radius 1 is 1.31 bits per heavy atom. The monoisotopic (exact) mass is 407 g/mol. The van der Waals surface area contributed by atoms with Crippen molar-refractivity contribution in [3.63, 3.8) is 0 Å². The third-order valence-corrected chi connectivity index (χ3v) is 4.73. The molecule has 0 unspecified atom stereocenters. The molecule has 0 saturated heterocycles. The molecule has 0 fully saturated rings. The summed E-state index contributed by atoms with van der Waals surface area (Å²) in [6, 6.07) is 5.70. The van der Waals surface area contributed by atoms with Crippen LogP contribution in [0.2, 0.25) is 0 Å². The molecule has 0 saturated carbocycles. The minimum Gasteiger partial charge on any atom is -0.490 e. The predicted molar refractivity (Wildman–Crippen MR) is 110 cm³/mol. The SMILES string of the molecule is CCOc1cccc2c1OCCCCCNC(=O)CN(CC(=O)N(C)CCO)C2. The zero-order valence-electron chi connectivity index (χ0n) is 17.5. The first-order chi connectivity index (χ1) is 14.0. The third kappa shape index (κ3) is 7.55. The van der Waals surface area contributed by atoms with Crippen molar-refractivity contribution in [1.82, 2.24) is 15.1 Å². The van der Waals surface area contributed by atoms with Gasteiger partial charge in [0.2, 0.25) is 11.8 Å². The van der Waals surface area contributed by atoms with E-state index in [1.807, 2.05) is 25.1 Å². The second kappa shape index (κ2) is 12.3. The van der Waals surface area contributed by atoms with Gasteiger partial charge in [0.15, 0.2) is 11.5 Å². The second-order valence-electron chi connectivity index (χ2n) is 7.12. The Bertz CT molecular complexity index is 668. The van der Waals surface area contributed by atoms with Gasteiger partial charge in [0.25, 0.3) is 0 Å². The van der Waals surface area contributed by atoms with E-state index in [9.17, 15) is 9.59 Å². The average molecular weight is 408 g/mol. The van der Waals surface area contributed by atoms with E-state index in [2.05, 4.69) is 5.32 Å². The van der Waals surface area contributed by atoms with Crippen molar-refractivity contribution in [3.8, 4) is 11.5 Å². The molecule has 0 bridgehead atoms. The fraction of sp³-hybridized carbons (Fsp3) is 0.619. The first-order valence-electron chi connectivity index (χ1n) is 10.3. The van der Waals surface area contributed by atoms with E-state index in [4.69, 9.17) is 14.6 Å². The maximum atomic E-state index is 12.5. The molecule has 2 amide bonds. The van der Waals surface area contributed by atoms with E-state index in [1.54, 1.807) is 11.9 Å². The highest BCUT2D eigenvalue weighted by molar-refractivity contribution is 5.81. The van der Waals surface area contributed by atoms with Crippen LogP contribution in [0.15, 0.2) is 18.2 Å². The Hall–Kier alpha value is -2.32. The van der Waals surface area contributed by atoms with Gasteiger partial charge in [-0.25, -0.2) is 0 Å². The van der Waals surface area contributed by atoms with Gasteiger partial charge in [0.05, 0.1) is 32.9 Å². The fourth-order valence-electron chi connectivity index (χ4n) is 3.18. The summed E-state index contributed by atoms with van der Waals surface area (Å²) in [7, 11) is 1.64. The van der Waals surface area contributed by atoms with E-state index < -0.39 is 0 Å². The largest absolute Gasteiger partial charge is 0.490 e. The molecule has 0 radical (unpaired) electrons. The van der Waals surface area contributed by atoms with Gasteiger partial charge in [-0.1, -0.05) is 12.1 Å². The maximum Gasteiger partial charge on any atom is 0.236 e. The van der Waals surface area contributed by atoms with Gasteiger partial charge in [-0.15, -0.1) is 0 Å². The molecule has 2 N–H and O–H groups in total. The van der Waals surface area contributed by atoms with Crippen LogP contribution in [0.4, 0.5) is 0 Å². The van der Waals surface area contributed by atoms with E-state index in [0.29, 0.717) is 37.8 Å². The van der Waals surface area contributed by atoms with Crippen LogP contribution < -0.4 is 14.8 Å². The molecule has 0 aliphatic carbocycles. The number of carbonyl (C=O) groups is 2. The van der Waals surface area contributed by atoms with Crippen molar-refractivity contribution < 1.29 is 24.2 Å². The molecule has 1 aliphatic heterocycles. The molecule has 1 heterocycles. The molecule has 8 nitrogen and oxygen atoms in total. The number of ether oxygens (including phenoxy) is 2. The van der Waals surface area contributed by atoms with Crippen LogP contribution in [0.5, 0.6) is 11.5 Å². The number of benzene rings is 1. The van der Waals surface area contributed by atoms with E-state index in [1.165, 1.54) is 4.90 Å². The lowest BCUT2D eigenvalue weighted by Crippen LogP contribution is -2.43. The zero-order chi connectivity index (χ0) is 21.1. The Labute approximate surface area is 172 Å². The van der Waals surface area contributed by atoms with Crippen LogP contribution in [0.25, 0.3) is 0 Å². The van der Waals surface area contributed by atoms with Crippen molar-refractivity contribution in [3.05, 3.63) is 23.8 Å². The fourth-order valence-corrected chi connectivity index (χ4v) is 3.18. The molecule has 1 aromatic rings. The Morgan fingerprint density at radius 2 is 2.14 bits per heavy atom. The number of rotatable bonds is 6.